The van der Waals surface area contributed by atoms with Gasteiger partial charge in [-0.05, 0) is 50.2 Å². The van der Waals surface area contributed by atoms with Crippen LogP contribution in [0.4, 0.5) is 26.2 Å². The largest absolute Gasteiger partial charge is 0.377 e. The van der Waals surface area contributed by atoms with E-state index in [1.54, 1.807) is 23.1 Å². The first kappa shape index (κ1) is 21.5. The Morgan fingerprint density at radius 1 is 1.00 bits per heavy atom. The van der Waals surface area contributed by atoms with Crippen molar-refractivity contribution in [2.75, 3.05) is 42.7 Å². The summed E-state index contributed by atoms with van der Waals surface area (Å²) in [5.74, 6) is -0.672. The number of nitrogens with zero attached hydrogens (tertiary/aromatic N) is 2. The second-order valence-corrected chi connectivity index (χ2v) is 6.72. The maximum atomic E-state index is 13.2. The molecule has 0 saturated carbocycles. The Hall–Kier alpha value is -2.80. The van der Waals surface area contributed by atoms with Gasteiger partial charge in [0.2, 0.25) is 0 Å². The quantitative estimate of drug-likeness (QED) is 0.732. The smallest absolute Gasteiger partial charge is 0.323 e. The average molecular weight is 407 g/mol. The van der Waals surface area contributed by atoms with Gasteiger partial charge in [-0.1, -0.05) is 11.6 Å². The fourth-order valence-electron chi connectivity index (χ4n) is 2.72. The van der Waals surface area contributed by atoms with Crippen LogP contribution in [0.2, 0.25) is 5.02 Å². The van der Waals surface area contributed by atoms with Crippen molar-refractivity contribution < 1.29 is 14.0 Å². The summed E-state index contributed by atoms with van der Waals surface area (Å²) in [5.41, 5.74) is 2.07. The van der Waals surface area contributed by atoms with E-state index in [2.05, 4.69) is 10.6 Å². The molecule has 0 spiro atoms. The lowest BCUT2D eigenvalue weighted by Gasteiger charge is -2.23. The van der Waals surface area contributed by atoms with Crippen molar-refractivity contribution in [1.29, 1.82) is 0 Å². The van der Waals surface area contributed by atoms with E-state index in [0.29, 0.717) is 30.0 Å². The minimum Gasteiger partial charge on any atom is -0.377 e. The van der Waals surface area contributed by atoms with Crippen molar-refractivity contribution in [2.45, 2.75) is 13.8 Å². The van der Waals surface area contributed by atoms with Gasteiger partial charge in [0.1, 0.15) is 5.82 Å². The predicted molar refractivity (Wildman–Crippen MR) is 112 cm³/mol. The van der Waals surface area contributed by atoms with Crippen LogP contribution in [0.25, 0.3) is 0 Å². The lowest BCUT2D eigenvalue weighted by atomic mass is 10.1. The zero-order valence-corrected chi connectivity index (χ0v) is 17.1. The van der Waals surface area contributed by atoms with Crippen LogP contribution in [0.3, 0.4) is 0 Å². The average Bonchev–Trinajstić information content (AvgIpc) is 2.65. The molecule has 3 amide bonds. The van der Waals surface area contributed by atoms with Crippen molar-refractivity contribution in [3.05, 3.63) is 52.8 Å². The fraction of sp³-hybridized carbons (Fsp3) is 0.300. The molecule has 2 rings (SSSR count). The number of urea groups is 1. The van der Waals surface area contributed by atoms with Crippen LogP contribution in [-0.4, -0.2) is 44.0 Å². The molecule has 150 valence electrons. The van der Waals surface area contributed by atoms with Gasteiger partial charge in [0, 0.05) is 44.2 Å². The first-order chi connectivity index (χ1) is 13.3. The van der Waals surface area contributed by atoms with Crippen molar-refractivity contribution in [1.82, 2.24) is 4.90 Å². The molecule has 0 bridgehead atoms. The maximum Gasteiger partial charge on any atom is 0.323 e. The zero-order valence-electron chi connectivity index (χ0n) is 16.3. The molecule has 2 aromatic rings. The Morgan fingerprint density at radius 2 is 1.57 bits per heavy atom. The number of benzene rings is 2. The summed E-state index contributed by atoms with van der Waals surface area (Å²) in [4.78, 5) is 28.7. The Bertz CT molecular complexity index is 869. The standard InChI is InChI=1S/C20H24ClFN4O2/c1-5-26(6-2)19(27)15-11-13(8-10-18(15)25(3)4)23-20(28)24-14-7-9-17(22)16(21)12-14/h7-12H,5-6H2,1-4H3,(H2,23,24,28). The molecule has 0 heterocycles. The lowest BCUT2D eigenvalue weighted by Crippen LogP contribution is -2.32. The number of carbonyl (C=O) groups excluding carboxylic acids is 2. The van der Waals surface area contributed by atoms with Crippen molar-refractivity contribution in [3.63, 3.8) is 0 Å². The summed E-state index contributed by atoms with van der Waals surface area (Å²) in [6.45, 7) is 5.01. The molecule has 0 fully saturated rings. The molecule has 0 aromatic heterocycles. The first-order valence-electron chi connectivity index (χ1n) is 8.90. The van der Waals surface area contributed by atoms with Gasteiger partial charge in [0.15, 0.2) is 0 Å². The van der Waals surface area contributed by atoms with E-state index in [-0.39, 0.29) is 10.9 Å². The number of halogens is 2. The minimum absolute atomic E-state index is 0.0831. The van der Waals surface area contributed by atoms with Crippen LogP contribution in [0.5, 0.6) is 0 Å². The van der Waals surface area contributed by atoms with E-state index in [9.17, 15) is 14.0 Å². The topological polar surface area (TPSA) is 64.7 Å². The summed E-state index contributed by atoms with van der Waals surface area (Å²) in [6, 6.07) is 8.51. The molecule has 0 atom stereocenters. The molecule has 0 unspecified atom stereocenters. The van der Waals surface area contributed by atoms with Gasteiger partial charge in [0.05, 0.1) is 10.6 Å². The highest BCUT2D eigenvalue weighted by molar-refractivity contribution is 6.31. The van der Waals surface area contributed by atoms with Crippen molar-refractivity contribution in [3.8, 4) is 0 Å². The molecule has 8 heteroatoms. The SMILES string of the molecule is CCN(CC)C(=O)c1cc(NC(=O)Nc2ccc(F)c(Cl)c2)ccc1N(C)C. The van der Waals surface area contributed by atoms with Gasteiger partial charge < -0.3 is 20.4 Å². The number of hydrogen-bond donors (Lipinski definition) is 2. The highest BCUT2D eigenvalue weighted by Crippen LogP contribution is 2.25. The van der Waals surface area contributed by atoms with Gasteiger partial charge in [-0.15, -0.1) is 0 Å². The first-order valence-corrected chi connectivity index (χ1v) is 9.28. The summed E-state index contributed by atoms with van der Waals surface area (Å²) < 4.78 is 13.2. The normalized spacial score (nSPS) is 10.4. The summed E-state index contributed by atoms with van der Waals surface area (Å²) in [5, 5.41) is 5.18. The third kappa shape index (κ3) is 5.13. The Balaban J connectivity index is 2.23. The van der Waals surface area contributed by atoms with Crippen LogP contribution in [-0.2, 0) is 0 Å². The third-order valence-corrected chi connectivity index (χ3v) is 4.48. The van der Waals surface area contributed by atoms with E-state index >= 15 is 0 Å². The number of rotatable bonds is 6. The van der Waals surface area contributed by atoms with Gasteiger partial charge in [0.25, 0.3) is 5.91 Å². The van der Waals surface area contributed by atoms with Crippen LogP contribution in [0.15, 0.2) is 36.4 Å². The number of nitrogens with one attached hydrogen (secondary N) is 2. The van der Waals surface area contributed by atoms with Gasteiger partial charge in [-0.3, -0.25) is 4.79 Å². The van der Waals surface area contributed by atoms with Crippen LogP contribution < -0.4 is 15.5 Å². The van der Waals surface area contributed by atoms with E-state index in [4.69, 9.17) is 11.6 Å². The summed E-state index contributed by atoms with van der Waals surface area (Å²) in [6.07, 6.45) is 0. The number of hydrogen-bond acceptors (Lipinski definition) is 3. The molecule has 0 aliphatic heterocycles. The van der Waals surface area contributed by atoms with E-state index in [1.807, 2.05) is 32.8 Å². The van der Waals surface area contributed by atoms with E-state index < -0.39 is 11.8 Å². The van der Waals surface area contributed by atoms with Gasteiger partial charge >= 0.3 is 6.03 Å². The maximum absolute atomic E-state index is 13.2. The van der Waals surface area contributed by atoms with Gasteiger partial charge in [-0.25, -0.2) is 9.18 Å². The molecule has 0 radical (unpaired) electrons. The number of anilines is 3. The molecule has 2 aromatic carbocycles. The van der Waals surface area contributed by atoms with Gasteiger partial charge in [-0.2, -0.15) is 0 Å². The zero-order chi connectivity index (χ0) is 20.8. The molecule has 0 saturated heterocycles. The van der Waals surface area contributed by atoms with Crippen LogP contribution >= 0.6 is 11.6 Å². The second-order valence-electron chi connectivity index (χ2n) is 6.31. The monoisotopic (exact) mass is 406 g/mol. The predicted octanol–water partition coefficient (Wildman–Crippen LogP) is 4.67. The van der Waals surface area contributed by atoms with E-state index in [0.717, 1.165) is 5.69 Å². The summed E-state index contributed by atoms with van der Waals surface area (Å²) in [7, 11) is 3.71. The summed E-state index contributed by atoms with van der Waals surface area (Å²) >= 11 is 5.72. The molecule has 0 aliphatic carbocycles. The van der Waals surface area contributed by atoms with Crippen LogP contribution in [0, 0.1) is 5.82 Å². The Morgan fingerprint density at radius 3 is 2.11 bits per heavy atom. The number of amides is 3. The highest BCUT2D eigenvalue weighted by atomic mass is 35.5. The highest BCUT2D eigenvalue weighted by Gasteiger charge is 2.19. The fourth-order valence-corrected chi connectivity index (χ4v) is 2.90. The molecule has 2 N–H and O–H groups in total. The minimum atomic E-state index is -0.563. The third-order valence-electron chi connectivity index (χ3n) is 4.19. The molecular weight excluding hydrogens is 383 g/mol. The molecule has 6 nitrogen and oxygen atoms in total. The lowest BCUT2D eigenvalue weighted by molar-refractivity contribution is 0.0773. The molecular formula is C20H24ClFN4O2. The van der Waals surface area contributed by atoms with Crippen LogP contribution in [0.1, 0.15) is 24.2 Å². The van der Waals surface area contributed by atoms with Crippen molar-refractivity contribution >= 4 is 40.6 Å². The number of carbonyl (C=O) groups is 2. The molecule has 28 heavy (non-hydrogen) atoms. The Kier molecular flexibility index (Phi) is 7.23. The molecule has 0 aliphatic rings. The van der Waals surface area contributed by atoms with E-state index in [1.165, 1.54) is 18.2 Å². The second kappa shape index (κ2) is 9.41. The van der Waals surface area contributed by atoms with Crippen molar-refractivity contribution in [2.24, 2.45) is 0 Å². The Labute approximate surface area is 169 Å².